The number of rotatable bonds is 8. The molecule has 0 aliphatic heterocycles. The van der Waals surface area contributed by atoms with E-state index in [4.69, 9.17) is 9.47 Å². The van der Waals surface area contributed by atoms with Gasteiger partial charge in [-0.05, 0) is 37.7 Å². The highest BCUT2D eigenvalue weighted by molar-refractivity contribution is 4.86. The summed E-state index contributed by atoms with van der Waals surface area (Å²) in [6.45, 7) is 13.8. The van der Waals surface area contributed by atoms with Crippen molar-refractivity contribution in [1.82, 2.24) is 0 Å². The van der Waals surface area contributed by atoms with Crippen LogP contribution in [-0.4, -0.2) is 13.2 Å². The molecule has 0 amide bonds. The molecular formula is C13H25O2. The molecular weight excluding hydrogens is 188 g/mol. The van der Waals surface area contributed by atoms with Crippen LogP contribution < -0.4 is 0 Å². The molecule has 2 nitrogen and oxygen atoms in total. The van der Waals surface area contributed by atoms with Gasteiger partial charge in [0, 0.05) is 0 Å². The lowest BCUT2D eigenvalue weighted by Gasteiger charge is -2.13. The molecule has 0 aliphatic carbocycles. The summed E-state index contributed by atoms with van der Waals surface area (Å²) in [5.41, 5.74) is 0. The van der Waals surface area contributed by atoms with Crippen molar-refractivity contribution >= 4 is 0 Å². The molecule has 0 N–H and O–H groups in total. The van der Waals surface area contributed by atoms with E-state index in [0.717, 1.165) is 12.8 Å². The Balaban J connectivity index is 3.57. The normalized spacial score (nSPS) is 10.6. The van der Waals surface area contributed by atoms with Gasteiger partial charge in [0.1, 0.15) is 0 Å². The van der Waals surface area contributed by atoms with Crippen LogP contribution in [0.25, 0.3) is 0 Å². The largest absolute Gasteiger partial charge is 0.466 e. The minimum Gasteiger partial charge on any atom is -0.466 e. The van der Waals surface area contributed by atoms with E-state index in [1.54, 1.807) is 6.08 Å². The summed E-state index contributed by atoms with van der Waals surface area (Å²) in [4.78, 5) is 0. The smallest absolute Gasteiger partial charge is 0.274 e. The first-order chi connectivity index (χ1) is 7.06. The van der Waals surface area contributed by atoms with E-state index < -0.39 is 0 Å². The predicted octanol–water partition coefficient (Wildman–Crippen LogP) is 3.79. The zero-order chi connectivity index (χ0) is 11.7. The van der Waals surface area contributed by atoms with Crippen molar-refractivity contribution in [3.05, 3.63) is 18.9 Å². The Bertz CT molecular complexity index is 155. The Morgan fingerprint density at radius 3 is 1.67 bits per heavy atom. The van der Waals surface area contributed by atoms with Gasteiger partial charge in [-0.3, -0.25) is 0 Å². The van der Waals surface area contributed by atoms with Crippen LogP contribution in [0.2, 0.25) is 0 Å². The van der Waals surface area contributed by atoms with Crippen molar-refractivity contribution in [3.8, 4) is 0 Å². The fourth-order valence-corrected chi connectivity index (χ4v) is 0.950. The van der Waals surface area contributed by atoms with Gasteiger partial charge >= 0.3 is 0 Å². The van der Waals surface area contributed by atoms with Crippen molar-refractivity contribution < 1.29 is 9.47 Å². The Hall–Kier alpha value is -0.660. The molecule has 89 valence electrons. The van der Waals surface area contributed by atoms with Gasteiger partial charge < -0.3 is 9.47 Å². The van der Waals surface area contributed by atoms with E-state index >= 15 is 0 Å². The molecule has 1 radical (unpaired) electrons. The first-order valence-corrected chi connectivity index (χ1v) is 5.81. The second kappa shape index (κ2) is 8.63. The van der Waals surface area contributed by atoms with Gasteiger partial charge in [-0.15, -0.1) is 0 Å². The lowest BCUT2D eigenvalue weighted by Crippen LogP contribution is -2.04. The van der Waals surface area contributed by atoms with Crippen molar-refractivity contribution in [2.75, 3.05) is 13.2 Å². The predicted molar refractivity (Wildman–Crippen MR) is 64.3 cm³/mol. The van der Waals surface area contributed by atoms with Gasteiger partial charge in [0.05, 0.1) is 13.2 Å². The van der Waals surface area contributed by atoms with Crippen LogP contribution in [0.15, 0.2) is 12.0 Å². The summed E-state index contributed by atoms with van der Waals surface area (Å²) in [5, 5.41) is 0. The van der Waals surface area contributed by atoms with Crippen LogP contribution >= 0.6 is 0 Å². The Morgan fingerprint density at radius 2 is 1.40 bits per heavy atom. The first-order valence-electron chi connectivity index (χ1n) is 5.81. The third-order valence-corrected chi connectivity index (χ3v) is 2.05. The fraction of sp³-hybridized carbons (Fsp3) is 0.769. The van der Waals surface area contributed by atoms with Crippen LogP contribution in [0, 0.1) is 18.8 Å². The maximum atomic E-state index is 5.46. The van der Waals surface area contributed by atoms with Gasteiger partial charge in [0.25, 0.3) is 5.95 Å². The Kier molecular flexibility index (Phi) is 8.25. The van der Waals surface area contributed by atoms with E-state index in [-0.39, 0.29) is 0 Å². The molecule has 0 aliphatic rings. The molecule has 0 atom stereocenters. The number of hydrogen-bond acceptors (Lipinski definition) is 2. The van der Waals surface area contributed by atoms with Gasteiger partial charge in [-0.1, -0.05) is 27.7 Å². The molecule has 0 saturated heterocycles. The second-order valence-electron chi connectivity index (χ2n) is 4.59. The minimum absolute atomic E-state index is 0.566. The van der Waals surface area contributed by atoms with E-state index in [1.807, 2.05) is 0 Å². The van der Waals surface area contributed by atoms with Crippen LogP contribution in [0.5, 0.6) is 0 Å². The molecule has 0 aromatic rings. The summed E-state index contributed by atoms with van der Waals surface area (Å²) in [6, 6.07) is 0. The molecule has 2 heteroatoms. The molecule has 0 rings (SSSR count). The number of ether oxygens (including phenoxy) is 2. The van der Waals surface area contributed by atoms with Crippen LogP contribution in [0.3, 0.4) is 0 Å². The average Bonchev–Trinajstić information content (AvgIpc) is 2.14. The average molecular weight is 213 g/mol. The van der Waals surface area contributed by atoms with Crippen molar-refractivity contribution in [1.29, 1.82) is 0 Å². The summed E-state index contributed by atoms with van der Waals surface area (Å²) in [6.07, 6.45) is 3.73. The molecule has 0 aromatic heterocycles. The SMILES string of the molecule is [CH2]C=C(OCCC(C)C)OCCC(C)C. The fourth-order valence-electron chi connectivity index (χ4n) is 0.950. The molecule has 0 saturated carbocycles. The standard InChI is InChI=1S/C13H25O2/c1-6-13(14-9-7-11(2)3)15-10-8-12(4)5/h6,11-12H,1,7-10H2,2-5H3. The van der Waals surface area contributed by atoms with Crippen LogP contribution in [0.4, 0.5) is 0 Å². The van der Waals surface area contributed by atoms with Crippen LogP contribution in [0.1, 0.15) is 40.5 Å². The first kappa shape index (κ1) is 14.3. The quantitative estimate of drug-likeness (QED) is 0.571. The third-order valence-electron chi connectivity index (χ3n) is 2.05. The second-order valence-corrected chi connectivity index (χ2v) is 4.59. The summed E-state index contributed by atoms with van der Waals surface area (Å²) < 4.78 is 10.9. The van der Waals surface area contributed by atoms with E-state index in [0.29, 0.717) is 31.0 Å². The van der Waals surface area contributed by atoms with E-state index in [2.05, 4.69) is 34.6 Å². The highest BCUT2D eigenvalue weighted by Crippen LogP contribution is 2.07. The van der Waals surface area contributed by atoms with Crippen LogP contribution in [-0.2, 0) is 9.47 Å². The van der Waals surface area contributed by atoms with Crippen molar-refractivity contribution in [3.63, 3.8) is 0 Å². The maximum absolute atomic E-state index is 5.46. The molecule has 0 bridgehead atoms. The topological polar surface area (TPSA) is 18.5 Å². The summed E-state index contributed by atoms with van der Waals surface area (Å²) in [5.74, 6) is 1.88. The van der Waals surface area contributed by atoms with Gasteiger partial charge in [-0.25, -0.2) is 0 Å². The zero-order valence-electron chi connectivity index (χ0n) is 10.6. The Labute approximate surface area is 94.7 Å². The summed E-state index contributed by atoms with van der Waals surface area (Å²) >= 11 is 0. The Morgan fingerprint density at radius 1 is 1.00 bits per heavy atom. The molecule has 15 heavy (non-hydrogen) atoms. The molecule has 0 aromatic carbocycles. The van der Waals surface area contributed by atoms with E-state index in [9.17, 15) is 0 Å². The molecule has 0 heterocycles. The molecule has 0 spiro atoms. The zero-order valence-corrected chi connectivity index (χ0v) is 10.6. The molecule has 0 fully saturated rings. The van der Waals surface area contributed by atoms with E-state index in [1.165, 1.54) is 0 Å². The van der Waals surface area contributed by atoms with Gasteiger partial charge in [-0.2, -0.15) is 0 Å². The number of allylic oxidation sites excluding steroid dienone is 1. The van der Waals surface area contributed by atoms with Gasteiger partial charge in [0.15, 0.2) is 0 Å². The third kappa shape index (κ3) is 9.64. The van der Waals surface area contributed by atoms with Crippen molar-refractivity contribution in [2.45, 2.75) is 40.5 Å². The van der Waals surface area contributed by atoms with Crippen molar-refractivity contribution in [2.24, 2.45) is 11.8 Å². The number of hydrogen-bond donors (Lipinski definition) is 0. The minimum atomic E-state index is 0.566. The highest BCUT2D eigenvalue weighted by atomic mass is 16.7. The summed E-state index contributed by atoms with van der Waals surface area (Å²) in [7, 11) is 0. The lowest BCUT2D eigenvalue weighted by atomic mass is 10.1. The molecule has 0 unspecified atom stereocenters. The maximum Gasteiger partial charge on any atom is 0.274 e. The lowest BCUT2D eigenvalue weighted by molar-refractivity contribution is 0.0278. The monoisotopic (exact) mass is 213 g/mol. The van der Waals surface area contributed by atoms with Gasteiger partial charge in [0.2, 0.25) is 0 Å². The highest BCUT2D eigenvalue weighted by Gasteiger charge is 2.01.